The Morgan fingerprint density at radius 3 is 2.38 bits per heavy atom. The molecule has 1 saturated carbocycles. The molecule has 356 valence electrons. The third-order valence-electron chi connectivity index (χ3n) is 16.4. The summed E-state index contributed by atoms with van der Waals surface area (Å²) < 4.78 is 15.8. The maximum absolute atomic E-state index is 15.8. The van der Waals surface area contributed by atoms with E-state index < -0.39 is 29.3 Å². The summed E-state index contributed by atoms with van der Waals surface area (Å²) in [7, 11) is 0. The number of rotatable bonds is 7. The van der Waals surface area contributed by atoms with Gasteiger partial charge in [0.25, 0.3) is 5.91 Å². The first-order valence-corrected chi connectivity index (χ1v) is 24.7. The lowest BCUT2D eigenvalue weighted by atomic mass is 9.66. The van der Waals surface area contributed by atoms with Gasteiger partial charge >= 0.3 is 0 Å². The van der Waals surface area contributed by atoms with Gasteiger partial charge in [0.1, 0.15) is 12.3 Å². The normalized spacial score (nSPS) is 32.8. The molecule has 0 radical (unpaired) electrons. The Bertz CT molecular complexity index is 2150. The molecule has 7 fully saturated rings. The first-order valence-electron chi connectivity index (χ1n) is 24.7. The second-order valence-corrected chi connectivity index (χ2v) is 20.4. The summed E-state index contributed by atoms with van der Waals surface area (Å²) in [6.07, 6.45) is 15.1. The molecule has 66 heavy (non-hydrogen) atoms. The standard InChI is InChI=1S/C49H68FN11O5/c1-48(66)19-3-2-4-24-60-46(65)36-31-51-47(56-43(36)61(60)40-10-6-9-39(48)54-40)52-32-11-13-33(14-12-32)57-27-29-58(30-28-57)34-17-20-49(21-18-34)22-25-59(26-23-49)38-8-5-7-35(42(38)50)44(63)53-37-15-16-41(62)55-45(37)64/h2,4-5,7-8,11-14,34,36-37,39-40,43,47,51-52,54,56,66H,3,6,9-10,15-31H2,1H3,(H,53,63)(H,55,62,64)/b4-2-/t36?,37?,39?,40?,43?,47?,48-/m1/s1. The third-order valence-corrected chi connectivity index (χ3v) is 16.4. The number of carbonyl (C=O) groups is 4. The number of imide groups is 1. The van der Waals surface area contributed by atoms with Crippen LogP contribution in [0.25, 0.3) is 0 Å². The van der Waals surface area contributed by atoms with Crippen LogP contribution in [0.5, 0.6) is 0 Å². The second-order valence-electron chi connectivity index (χ2n) is 20.4. The molecule has 7 heterocycles. The topological polar surface area (TPSA) is 177 Å². The molecule has 1 aliphatic carbocycles. The number of amides is 4. The summed E-state index contributed by atoms with van der Waals surface area (Å²) in [6, 6.07) is 13.3. The molecule has 2 bridgehead atoms. The van der Waals surface area contributed by atoms with Gasteiger partial charge in [-0.1, -0.05) is 18.2 Å². The van der Waals surface area contributed by atoms with Crippen LogP contribution in [0.3, 0.4) is 0 Å². The van der Waals surface area contributed by atoms with E-state index in [0.717, 1.165) is 83.5 Å². The number of allylic oxidation sites excluding steroid dienone is 1. The molecule has 6 unspecified atom stereocenters. The van der Waals surface area contributed by atoms with E-state index >= 15 is 4.39 Å². The van der Waals surface area contributed by atoms with Gasteiger partial charge in [0, 0.05) is 75.7 Å². The summed E-state index contributed by atoms with van der Waals surface area (Å²) in [5.74, 6) is -2.22. The molecule has 6 saturated heterocycles. The molecule has 2 aromatic rings. The minimum Gasteiger partial charge on any atom is -0.389 e. The van der Waals surface area contributed by atoms with Gasteiger partial charge in [0.05, 0.1) is 41.6 Å². The number of carbonyl (C=O) groups excluding carboxylic acids is 4. The van der Waals surface area contributed by atoms with Crippen molar-refractivity contribution in [2.45, 2.75) is 133 Å². The summed E-state index contributed by atoms with van der Waals surface area (Å²) in [6.45, 7) is 8.55. The third kappa shape index (κ3) is 9.18. The van der Waals surface area contributed by atoms with Crippen LogP contribution in [0.2, 0.25) is 0 Å². The predicted molar refractivity (Wildman–Crippen MR) is 249 cm³/mol. The summed E-state index contributed by atoms with van der Waals surface area (Å²) in [4.78, 5) is 57.8. The van der Waals surface area contributed by atoms with Gasteiger partial charge in [-0.3, -0.25) is 50.4 Å². The van der Waals surface area contributed by atoms with E-state index in [1.54, 1.807) is 12.1 Å². The van der Waals surface area contributed by atoms with Crippen molar-refractivity contribution >= 4 is 40.7 Å². The van der Waals surface area contributed by atoms with Crippen LogP contribution >= 0.6 is 0 Å². The van der Waals surface area contributed by atoms with Crippen molar-refractivity contribution in [1.82, 2.24) is 41.5 Å². The van der Waals surface area contributed by atoms with Crippen molar-refractivity contribution in [1.29, 1.82) is 0 Å². The fraction of sp³-hybridized carbons (Fsp3) is 0.633. The van der Waals surface area contributed by atoms with Gasteiger partial charge in [-0.25, -0.2) is 4.39 Å². The van der Waals surface area contributed by atoms with Crippen molar-refractivity contribution in [3.63, 3.8) is 0 Å². The van der Waals surface area contributed by atoms with Crippen molar-refractivity contribution < 1.29 is 28.7 Å². The number of fused-ring (bicyclic) bond motifs is 6. The molecule has 2 aromatic carbocycles. The number of halogens is 1. The van der Waals surface area contributed by atoms with Crippen LogP contribution in [0.4, 0.5) is 21.5 Å². The Morgan fingerprint density at radius 2 is 1.62 bits per heavy atom. The lowest BCUT2D eigenvalue weighted by molar-refractivity contribution is -0.146. The maximum atomic E-state index is 15.8. The molecule has 7 atom stereocenters. The van der Waals surface area contributed by atoms with Gasteiger partial charge in [-0.2, -0.15) is 5.01 Å². The average Bonchev–Trinajstić information content (AvgIpc) is 3.59. The van der Waals surface area contributed by atoms with E-state index in [2.05, 4.69) is 88.0 Å². The number of nitrogens with zero attached hydrogens (tertiary/aromatic N) is 5. The molecule has 7 N–H and O–H groups in total. The van der Waals surface area contributed by atoms with Gasteiger partial charge in [0.2, 0.25) is 17.7 Å². The van der Waals surface area contributed by atoms with Crippen molar-refractivity contribution in [3.05, 3.63) is 66.0 Å². The number of hydrazine groups is 1. The highest BCUT2D eigenvalue weighted by atomic mass is 19.1. The van der Waals surface area contributed by atoms with Crippen LogP contribution in [-0.2, 0) is 14.4 Å². The van der Waals surface area contributed by atoms with Gasteiger partial charge in [-0.05, 0) is 126 Å². The highest BCUT2D eigenvalue weighted by Gasteiger charge is 2.53. The van der Waals surface area contributed by atoms with E-state index in [0.29, 0.717) is 31.2 Å². The lowest BCUT2D eigenvalue weighted by Crippen LogP contribution is -2.69. The summed E-state index contributed by atoms with van der Waals surface area (Å²) >= 11 is 0. The van der Waals surface area contributed by atoms with Crippen molar-refractivity contribution in [3.8, 4) is 0 Å². The quantitative estimate of drug-likeness (QED) is 0.160. The molecule has 17 heteroatoms. The molecular weight excluding hydrogens is 842 g/mol. The first-order chi connectivity index (χ1) is 31.9. The zero-order chi connectivity index (χ0) is 45.6. The molecule has 10 rings (SSSR count). The van der Waals surface area contributed by atoms with E-state index in [1.807, 2.05) is 11.9 Å². The van der Waals surface area contributed by atoms with Crippen LogP contribution < -0.4 is 41.7 Å². The van der Waals surface area contributed by atoms with Gasteiger partial charge < -0.3 is 25.5 Å². The largest absolute Gasteiger partial charge is 0.389 e. The van der Waals surface area contributed by atoms with E-state index in [9.17, 15) is 24.3 Å². The fourth-order valence-corrected chi connectivity index (χ4v) is 12.3. The molecule has 1 spiro atoms. The monoisotopic (exact) mass is 910 g/mol. The summed E-state index contributed by atoms with van der Waals surface area (Å²) in [5, 5.41) is 35.0. The zero-order valence-electron chi connectivity index (χ0n) is 38.3. The van der Waals surface area contributed by atoms with Crippen LogP contribution in [0.1, 0.15) is 101 Å². The predicted octanol–water partition coefficient (Wildman–Crippen LogP) is 3.17. The first kappa shape index (κ1) is 45.1. The molecule has 7 aliphatic heterocycles. The summed E-state index contributed by atoms with van der Waals surface area (Å²) in [5.41, 5.74) is 2.01. The molecule has 8 aliphatic rings. The molecule has 16 nitrogen and oxygen atoms in total. The maximum Gasteiger partial charge on any atom is 0.254 e. The minimum absolute atomic E-state index is 0.0269. The fourth-order valence-electron chi connectivity index (χ4n) is 12.3. The Kier molecular flexibility index (Phi) is 12.9. The molecule has 0 aromatic heterocycles. The van der Waals surface area contributed by atoms with Crippen molar-refractivity contribution in [2.24, 2.45) is 11.3 Å². The number of aliphatic hydroxyl groups is 1. The Balaban J connectivity index is 0.681. The smallest absolute Gasteiger partial charge is 0.254 e. The second kappa shape index (κ2) is 18.8. The number of benzene rings is 2. The number of anilines is 3. The van der Waals surface area contributed by atoms with Gasteiger partial charge in [0.15, 0.2) is 5.82 Å². The zero-order valence-corrected chi connectivity index (χ0v) is 38.3. The number of hydrogen-bond acceptors (Lipinski definition) is 13. The molecular formula is C49H68FN11O5. The Morgan fingerprint density at radius 1 is 0.848 bits per heavy atom. The lowest BCUT2D eigenvalue weighted by Gasteiger charge is -2.49. The highest BCUT2D eigenvalue weighted by Crippen LogP contribution is 2.47. The van der Waals surface area contributed by atoms with Crippen LogP contribution in [0, 0.1) is 17.2 Å². The van der Waals surface area contributed by atoms with Crippen LogP contribution in [0.15, 0.2) is 54.6 Å². The van der Waals surface area contributed by atoms with E-state index in [-0.39, 0.29) is 66.2 Å². The average molecular weight is 910 g/mol. The van der Waals surface area contributed by atoms with E-state index in [1.165, 1.54) is 37.4 Å². The SMILES string of the molecule is C[C@@]1(O)CC/C=C\CN2C(=O)C3CNC(Nc4ccc(N5CCN(C6CCC7(CC6)CCN(c6cccc(C(=O)NC8CCC(=O)NC8=O)c6F)CC7)CC5)cc4)NC3N2C2CCCC1N2. The van der Waals surface area contributed by atoms with Crippen molar-refractivity contribution in [2.75, 3.05) is 67.5 Å². The number of nitrogens with one attached hydrogen (secondary N) is 6. The molecule has 4 amide bonds. The Hall–Kier alpha value is -4.65. The van der Waals surface area contributed by atoms with Crippen LogP contribution in [-0.4, -0.2) is 138 Å². The van der Waals surface area contributed by atoms with E-state index in [4.69, 9.17) is 0 Å². The minimum atomic E-state index is -0.858. The highest BCUT2D eigenvalue weighted by molar-refractivity contribution is 6.04. The van der Waals surface area contributed by atoms with Gasteiger partial charge in [-0.15, -0.1) is 0 Å². The Labute approximate surface area is 387 Å². The number of piperidine rings is 3. The number of piperazine rings is 1. The number of hydrogen-bond donors (Lipinski definition) is 7.